The molecule has 1 aromatic rings. The molecular formula is C8H13N3. The summed E-state index contributed by atoms with van der Waals surface area (Å²) in [5.41, 5.74) is 1.28. The number of nitrogens with zero attached hydrogens (tertiary/aromatic N) is 1. The summed E-state index contributed by atoms with van der Waals surface area (Å²) in [4.78, 5) is 7.17. The predicted octanol–water partition coefficient (Wildman–Crippen LogP) is 0.877. The summed E-state index contributed by atoms with van der Waals surface area (Å²) in [5.74, 6) is 0.659. The fourth-order valence-electron chi connectivity index (χ4n) is 1.61. The van der Waals surface area contributed by atoms with E-state index >= 15 is 0 Å². The molecule has 1 fully saturated rings. The number of aromatic amines is 1. The number of H-pyrrole nitrogens is 1. The molecule has 1 aliphatic heterocycles. The van der Waals surface area contributed by atoms with Crippen molar-refractivity contribution < 1.29 is 0 Å². The number of aromatic nitrogens is 2. The van der Waals surface area contributed by atoms with Gasteiger partial charge in [0.2, 0.25) is 0 Å². The van der Waals surface area contributed by atoms with E-state index in [0.29, 0.717) is 5.92 Å². The van der Waals surface area contributed by atoms with Crippen LogP contribution in [0.5, 0.6) is 0 Å². The molecule has 0 amide bonds. The van der Waals surface area contributed by atoms with Crippen molar-refractivity contribution in [3.05, 3.63) is 18.2 Å². The van der Waals surface area contributed by atoms with Crippen molar-refractivity contribution in [2.45, 2.75) is 18.8 Å². The third-order valence-corrected chi connectivity index (χ3v) is 2.26. The summed E-state index contributed by atoms with van der Waals surface area (Å²) in [6.07, 6.45) is 6.25. The normalized spacial score (nSPS) is 25.3. The summed E-state index contributed by atoms with van der Waals surface area (Å²) < 4.78 is 0. The second-order valence-corrected chi connectivity index (χ2v) is 3.05. The van der Waals surface area contributed by atoms with Crippen LogP contribution in [0, 0.1) is 0 Å². The first kappa shape index (κ1) is 6.85. The van der Waals surface area contributed by atoms with Crippen LogP contribution in [-0.2, 0) is 0 Å². The standard InChI is InChI=1S/C8H13N3/c1-2-7(4-9-3-1)8-5-10-6-11-8/h5-7,9H,1-4H2,(H,10,11). The minimum Gasteiger partial charge on any atom is -0.348 e. The fraction of sp³-hybridized carbons (Fsp3) is 0.625. The van der Waals surface area contributed by atoms with Gasteiger partial charge in [0, 0.05) is 24.4 Å². The minimum atomic E-state index is 0.659. The largest absolute Gasteiger partial charge is 0.348 e. The molecule has 1 unspecified atom stereocenters. The van der Waals surface area contributed by atoms with Gasteiger partial charge in [-0.05, 0) is 19.4 Å². The Morgan fingerprint density at radius 3 is 3.18 bits per heavy atom. The van der Waals surface area contributed by atoms with Crippen LogP contribution in [0.4, 0.5) is 0 Å². The molecule has 2 rings (SSSR count). The average molecular weight is 151 g/mol. The van der Waals surface area contributed by atoms with Gasteiger partial charge in [-0.2, -0.15) is 0 Å². The van der Waals surface area contributed by atoms with Crippen LogP contribution < -0.4 is 5.32 Å². The molecule has 60 valence electrons. The van der Waals surface area contributed by atoms with Crippen LogP contribution >= 0.6 is 0 Å². The monoisotopic (exact) mass is 151 g/mol. The van der Waals surface area contributed by atoms with Gasteiger partial charge in [-0.1, -0.05) is 0 Å². The molecule has 1 aliphatic rings. The molecule has 2 N–H and O–H groups in total. The highest BCUT2D eigenvalue weighted by Crippen LogP contribution is 2.19. The van der Waals surface area contributed by atoms with Crippen molar-refractivity contribution in [3.63, 3.8) is 0 Å². The zero-order valence-corrected chi connectivity index (χ0v) is 6.51. The Hall–Kier alpha value is -0.830. The van der Waals surface area contributed by atoms with Crippen LogP contribution in [0.25, 0.3) is 0 Å². The van der Waals surface area contributed by atoms with Gasteiger partial charge in [0.15, 0.2) is 0 Å². The van der Waals surface area contributed by atoms with Crippen LogP contribution in [-0.4, -0.2) is 23.1 Å². The van der Waals surface area contributed by atoms with Crippen LogP contribution in [0.2, 0.25) is 0 Å². The van der Waals surface area contributed by atoms with Gasteiger partial charge in [0.05, 0.1) is 6.33 Å². The van der Waals surface area contributed by atoms with Crippen LogP contribution in [0.3, 0.4) is 0 Å². The lowest BCUT2D eigenvalue weighted by molar-refractivity contribution is 0.456. The third-order valence-electron chi connectivity index (χ3n) is 2.26. The molecule has 2 heterocycles. The maximum absolute atomic E-state index is 4.01. The SMILES string of the molecule is c1ncc(C2CCCNC2)[nH]1. The summed E-state index contributed by atoms with van der Waals surface area (Å²) in [5, 5.41) is 3.38. The second-order valence-electron chi connectivity index (χ2n) is 3.05. The second kappa shape index (κ2) is 3.05. The number of hydrogen-bond donors (Lipinski definition) is 2. The van der Waals surface area contributed by atoms with Crippen molar-refractivity contribution in [2.24, 2.45) is 0 Å². The van der Waals surface area contributed by atoms with Gasteiger partial charge in [0.25, 0.3) is 0 Å². The van der Waals surface area contributed by atoms with E-state index in [1.54, 1.807) is 6.33 Å². The average Bonchev–Trinajstić information content (AvgIpc) is 2.58. The number of nitrogens with one attached hydrogen (secondary N) is 2. The number of imidazole rings is 1. The molecule has 1 atom stereocenters. The Kier molecular flexibility index (Phi) is 1.90. The highest BCUT2D eigenvalue weighted by Gasteiger charge is 2.15. The Morgan fingerprint density at radius 1 is 1.55 bits per heavy atom. The van der Waals surface area contributed by atoms with Crippen LogP contribution in [0.1, 0.15) is 24.5 Å². The maximum atomic E-state index is 4.01. The van der Waals surface area contributed by atoms with Crippen molar-refractivity contribution >= 4 is 0 Å². The molecule has 11 heavy (non-hydrogen) atoms. The molecule has 0 aliphatic carbocycles. The molecule has 0 bridgehead atoms. The molecule has 0 aromatic carbocycles. The Balaban J connectivity index is 2.04. The van der Waals surface area contributed by atoms with Crippen molar-refractivity contribution in [3.8, 4) is 0 Å². The fourth-order valence-corrected chi connectivity index (χ4v) is 1.61. The molecule has 3 heteroatoms. The molecule has 1 saturated heterocycles. The number of rotatable bonds is 1. The van der Waals surface area contributed by atoms with Gasteiger partial charge < -0.3 is 10.3 Å². The first-order chi connectivity index (χ1) is 5.47. The zero-order chi connectivity index (χ0) is 7.52. The molecule has 1 aromatic heterocycles. The summed E-state index contributed by atoms with van der Waals surface area (Å²) >= 11 is 0. The lowest BCUT2D eigenvalue weighted by atomic mass is 9.97. The molecule has 3 nitrogen and oxygen atoms in total. The number of piperidine rings is 1. The molecular weight excluding hydrogens is 138 g/mol. The Labute approximate surface area is 66.2 Å². The predicted molar refractivity (Wildman–Crippen MR) is 43.4 cm³/mol. The lowest BCUT2D eigenvalue weighted by Crippen LogP contribution is -2.28. The van der Waals surface area contributed by atoms with Gasteiger partial charge >= 0.3 is 0 Å². The highest BCUT2D eigenvalue weighted by atomic mass is 14.9. The smallest absolute Gasteiger partial charge is 0.0921 e. The van der Waals surface area contributed by atoms with Crippen molar-refractivity contribution in [1.29, 1.82) is 0 Å². The third kappa shape index (κ3) is 1.43. The van der Waals surface area contributed by atoms with E-state index in [1.165, 1.54) is 25.1 Å². The topological polar surface area (TPSA) is 40.7 Å². The Morgan fingerprint density at radius 2 is 2.55 bits per heavy atom. The van der Waals surface area contributed by atoms with Gasteiger partial charge in [-0.15, -0.1) is 0 Å². The van der Waals surface area contributed by atoms with E-state index < -0.39 is 0 Å². The van der Waals surface area contributed by atoms with E-state index in [1.807, 2.05) is 6.20 Å². The minimum absolute atomic E-state index is 0.659. The van der Waals surface area contributed by atoms with E-state index in [2.05, 4.69) is 15.3 Å². The van der Waals surface area contributed by atoms with Crippen molar-refractivity contribution in [2.75, 3.05) is 13.1 Å². The number of hydrogen-bond acceptors (Lipinski definition) is 2. The molecule has 0 spiro atoms. The summed E-state index contributed by atoms with van der Waals surface area (Å²) in [6.45, 7) is 2.27. The van der Waals surface area contributed by atoms with E-state index in [-0.39, 0.29) is 0 Å². The van der Waals surface area contributed by atoms with Crippen LogP contribution in [0.15, 0.2) is 12.5 Å². The van der Waals surface area contributed by atoms with Gasteiger partial charge in [0.1, 0.15) is 0 Å². The molecule has 0 saturated carbocycles. The van der Waals surface area contributed by atoms with E-state index in [0.717, 1.165) is 6.54 Å². The summed E-state index contributed by atoms with van der Waals surface area (Å²) in [6, 6.07) is 0. The van der Waals surface area contributed by atoms with E-state index in [4.69, 9.17) is 0 Å². The lowest BCUT2D eigenvalue weighted by Gasteiger charge is -2.20. The first-order valence-electron chi connectivity index (χ1n) is 4.16. The zero-order valence-electron chi connectivity index (χ0n) is 6.51. The van der Waals surface area contributed by atoms with Gasteiger partial charge in [-0.3, -0.25) is 0 Å². The summed E-state index contributed by atoms with van der Waals surface area (Å²) in [7, 11) is 0. The van der Waals surface area contributed by atoms with E-state index in [9.17, 15) is 0 Å². The molecule has 0 radical (unpaired) electrons. The first-order valence-corrected chi connectivity index (χ1v) is 4.16. The quantitative estimate of drug-likeness (QED) is 0.625. The maximum Gasteiger partial charge on any atom is 0.0921 e. The highest BCUT2D eigenvalue weighted by molar-refractivity contribution is 5.05. The van der Waals surface area contributed by atoms with Crippen molar-refractivity contribution in [1.82, 2.24) is 15.3 Å². The Bertz CT molecular complexity index is 199. The van der Waals surface area contributed by atoms with Gasteiger partial charge in [-0.25, -0.2) is 4.98 Å².